The Morgan fingerprint density at radius 3 is 1.49 bits per heavy atom. The number of anilines is 1. The van der Waals surface area contributed by atoms with Crippen LogP contribution in [0, 0.1) is 27.7 Å². The number of methoxy groups -OCH3 is 2. The second kappa shape index (κ2) is 20.9. The molecule has 2 aliphatic carbocycles. The summed E-state index contributed by atoms with van der Waals surface area (Å²) >= 11 is 3.45. The third-order valence-electron chi connectivity index (χ3n) is 14.9. The summed E-state index contributed by atoms with van der Waals surface area (Å²) in [7, 11) is -2.33. The number of ether oxygens (including phenoxy) is 2. The molecule has 2 saturated carbocycles. The minimum Gasteiger partial charge on any atom is -0.496 e. The molecular formula is C55H65BrN6O10S2. The van der Waals surface area contributed by atoms with E-state index >= 15 is 0 Å². The average molecular weight is 1110 g/mol. The zero-order valence-corrected chi connectivity index (χ0v) is 46.4. The molecule has 0 atom stereocenters. The molecule has 1 saturated heterocycles. The minimum absolute atomic E-state index is 0.0752. The van der Waals surface area contributed by atoms with Gasteiger partial charge in [-0.05, 0) is 134 Å². The first kappa shape index (κ1) is 54.2. The fourth-order valence-corrected chi connectivity index (χ4v) is 15.0. The molecule has 74 heavy (non-hydrogen) atoms. The van der Waals surface area contributed by atoms with Crippen LogP contribution in [0.5, 0.6) is 11.5 Å². The number of H-pyrrole nitrogens is 2. The fraction of sp³-hybridized carbons (Fsp3) is 0.418. The largest absolute Gasteiger partial charge is 0.496 e. The van der Waals surface area contributed by atoms with Gasteiger partial charge in [0, 0.05) is 94.9 Å². The Morgan fingerprint density at radius 1 is 0.662 bits per heavy atom. The molecule has 16 nitrogen and oxygen atoms in total. The molecule has 4 aromatic heterocycles. The van der Waals surface area contributed by atoms with Crippen LogP contribution in [0.3, 0.4) is 0 Å². The minimum atomic E-state index is -3.72. The number of hydrogen-bond donors (Lipinski definition) is 2. The van der Waals surface area contributed by atoms with Crippen LogP contribution < -0.4 is 25.5 Å². The van der Waals surface area contributed by atoms with E-state index in [1.54, 1.807) is 69.6 Å². The van der Waals surface area contributed by atoms with Crippen molar-refractivity contribution in [3.05, 3.63) is 144 Å². The molecule has 5 heterocycles. The summed E-state index contributed by atoms with van der Waals surface area (Å²) in [6.07, 6.45) is 10.3. The molecule has 3 aliphatic rings. The summed E-state index contributed by atoms with van der Waals surface area (Å²) in [5.74, 6) is 0.571. The van der Waals surface area contributed by atoms with Crippen LogP contribution in [0.25, 0.3) is 21.8 Å². The van der Waals surface area contributed by atoms with Crippen LogP contribution in [0.4, 0.5) is 5.69 Å². The fourth-order valence-electron chi connectivity index (χ4n) is 10.4. The van der Waals surface area contributed by atoms with Gasteiger partial charge in [-0.3, -0.25) is 19.2 Å². The number of halogens is 1. The van der Waals surface area contributed by atoms with Crippen molar-refractivity contribution in [3.63, 3.8) is 0 Å². The standard InChI is InChI=1S/C30H38N4O5S.C25H27BrN2O5S/c1-6-9-30(10-11-30)40(37,38)34-19-20(2)28-24(17-22(18-25(28)34)33-14-12-32(4)13-15-33)26(35)8-7-23-27(39-5)16-21(3)31-29(23)36;1-5-8-25(9-10-25)34(31,32)28-14-15(2)23-19(12-17(26)13-20(23)28)21(29)7-6-18-22(33-4)11-16(3)27-24(18)30/h6,16-19H,1,7-15H2,2-5H3,(H,31,36);5,11-14H,1,6-10H2,2-4H3,(H,27,30). The van der Waals surface area contributed by atoms with E-state index < -0.39 is 29.5 Å². The van der Waals surface area contributed by atoms with Gasteiger partial charge in [-0.25, -0.2) is 24.8 Å². The summed E-state index contributed by atoms with van der Waals surface area (Å²) in [6.45, 7) is 18.0. The van der Waals surface area contributed by atoms with E-state index in [4.69, 9.17) is 9.47 Å². The molecule has 0 radical (unpaired) electrons. The number of pyridine rings is 2. The topological polar surface area (TPSA) is 203 Å². The van der Waals surface area contributed by atoms with Crippen molar-refractivity contribution in [2.75, 3.05) is 52.3 Å². The number of rotatable bonds is 19. The van der Waals surface area contributed by atoms with Crippen molar-refractivity contribution in [2.24, 2.45) is 0 Å². The molecule has 2 N–H and O–H groups in total. The van der Waals surface area contributed by atoms with Crippen LogP contribution in [0.2, 0.25) is 0 Å². The summed E-state index contributed by atoms with van der Waals surface area (Å²) in [6, 6.07) is 10.7. The zero-order valence-electron chi connectivity index (χ0n) is 43.2. The van der Waals surface area contributed by atoms with Crippen LogP contribution in [0.15, 0.2) is 88.2 Å². The molecule has 9 rings (SSSR count). The second-order valence-electron chi connectivity index (χ2n) is 20.1. The highest BCUT2D eigenvalue weighted by molar-refractivity contribution is 9.10. The smallest absolute Gasteiger partial charge is 0.255 e. The van der Waals surface area contributed by atoms with Gasteiger partial charge in [0.05, 0.1) is 45.9 Å². The Labute approximate surface area is 440 Å². The van der Waals surface area contributed by atoms with Crippen LogP contribution >= 0.6 is 15.9 Å². The van der Waals surface area contributed by atoms with Crippen LogP contribution in [-0.4, -0.2) is 108 Å². The molecule has 3 fully saturated rings. The lowest BCUT2D eigenvalue weighted by atomic mass is 9.97. The van der Waals surface area contributed by atoms with Crippen molar-refractivity contribution < 1.29 is 35.9 Å². The number of likely N-dealkylation sites (N-methyl/N-ethyl adjacent to an activating group) is 1. The molecule has 0 spiro atoms. The average Bonchev–Trinajstić information content (AvgIpc) is 4.27. The number of piperazine rings is 1. The first-order valence-corrected chi connectivity index (χ1v) is 28.5. The quantitative estimate of drug-likeness (QED) is 0.0578. The van der Waals surface area contributed by atoms with E-state index in [9.17, 15) is 36.0 Å². The SMILES string of the molecule is C=CCC1(S(=O)(=O)n2cc(C)c3c(C(=O)CCc4c(OC)cc(C)[nH]c4=O)cc(Br)cc32)CC1.C=CCC1(S(=O)(=O)n2cc(C)c3c(C(=O)CCc4c(OC)cc(C)[nH]c4=O)cc(N4CCN(C)CC4)cc32)CC1. The number of Topliss-reactive ketones (excluding diaryl/α,β-unsaturated/α-hetero) is 2. The number of aromatic nitrogens is 4. The maximum absolute atomic E-state index is 13.9. The molecule has 394 valence electrons. The van der Waals surface area contributed by atoms with Gasteiger partial charge in [-0.15, -0.1) is 13.2 Å². The van der Waals surface area contributed by atoms with Gasteiger partial charge in [-0.2, -0.15) is 0 Å². The van der Waals surface area contributed by atoms with Crippen LogP contribution in [-0.2, 0) is 32.9 Å². The van der Waals surface area contributed by atoms with E-state index in [1.807, 2.05) is 19.1 Å². The van der Waals surface area contributed by atoms with Gasteiger partial charge in [0.15, 0.2) is 11.6 Å². The van der Waals surface area contributed by atoms with E-state index in [0.29, 0.717) is 116 Å². The number of nitrogens with one attached hydrogen (secondary N) is 2. The molecule has 19 heteroatoms. The van der Waals surface area contributed by atoms with Crippen molar-refractivity contribution >= 4 is 75.0 Å². The highest BCUT2D eigenvalue weighted by atomic mass is 79.9. The highest BCUT2D eigenvalue weighted by Crippen LogP contribution is 2.50. The van der Waals surface area contributed by atoms with E-state index in [-0.39, 0.29) is 48.4 Å². The first-order chi connectivity index (χ1) is 35.0. The normalized spacial score (nSPS) is 16.1. The predicted molar refractivity (Wildman–Crippen MR) is 295 cm³/mol. The number of fused-ring (bicyclic) bond motifs is 2. The molecule has 0 unspecified atom stereocenters. The Kier molecular flexibility index (Phi) is 15.4. The Hall–Kier alpha value is -6.02. The number of carbonyl (C=O) groups is 2. The number of nitrogens with zero attached hydrogens (tertiary/aromatic N) is 4. The van der Waals surface area contributed by atoms with Crippen molar-refractivity contribution in [1.29, 1.82) is 0 Å². The lowest BCUT2D eigenvalue weighted by Crippen LogP contribution is -2.44. The molecule has 1 aliphatic heterocycles. The molecule has 0 bridgehead atoms. The third kappa shape index (κ3) is 10.1. The number of hydrogen-bond acceptors (Lipinski definition) is 12. The zero-order chi connectivity index (χ0) is 53.7. The lowest BCUT2D eigenvalue weighted by molar-refractivity contribution is 0.0976. The van der Waals surface area contributed by atoms with Crippen molar-refractivity contribution in [1.82, 2.24) is 22.8 Å². The maximum Gasteiger partial charge on any atom is 0.255 e. The first-order valence-electron chi connectivity index (χ1n) is 24.8. The Bertz CT molecular complexity index is 3590. The van der Waals surface area contributed by atoms with E-state index in [0.717, 1.165) is 37.4 Å². The van der Waals surface area contributed by atoms with Gasteiger partial charge in [0.25, 0.3) is 11.1 Å². The Morgan fingerprint density at radius 2 is 1.08 bits per heavy atom. The molecule has 6 aromatic rings. The van der Waals surface area contributed by atoms with Gasteiger partial charge in [0.2, 0.25) is 20.0 Å². The maximum atomic E-state index is 13.9. The second-order valence-corrected chi connectivity index (χ2v) is 25.4. The number of ketones is 2. The van der Waals surface area contributed by atoms with E-state index in [1.165, 1.54) is 22.2 Å². The third-order valence-corrected chi connectivity index (χ3v) is 20.3. The molecule has 0 amide bonds. The lowest BCUT2D eigenvalue weighted by Gasteiger charge is -2.34. The summed E-state index contributed by atoms with van der Waals surface area (Å²) in [4.78, 5) is 62.3. The monoisotopic (exact) mass is 1110 g/mol. The van der Waals surface area contributed by atoms with Crippen molar-refractivity contribution in [3.8, 4) is 11.5 Å². The van der Waals surface area contributed by atoms with Crippen molar-refractivity contribution in [2.45, 2.75) is 101 Å². The summed E-state index contributed by atoms with van der Waals surface area (Å²) in [5, 5.41) is 1.25. The van der Waals surface area contributed by atoms with Crippen LogP contribution in [0.1, 0.15) is 106 Å². The number of benzene rings is 2. The number of carbonyl (C=O) groups excluding carboxylic acids is 2. The van der Waals surface area contributed by atoms with Gasteiger partial charge in [-0.1, -0.05) is 28.1 Å². The number of aromatic amines is 2. The Balaban J connectivity index is 0.000000200. The number of aryl methyl sites for hydroxylation is 4. The predicted octanol–water partition coefficient (Wildman–Crippen LogP) is 8.63. The highest BCUT2D eigenvalue weighted by Gasteiger charge is 2.55. The summed E-state index contributed by atoms with van der Waals surface area (Å²) in [5.41, 5.74) is 5.79. The summed E-state index contributed by atoms with van der Waals surface area (Å²) < 4.78 is 67.4. The number of allylic oxidation sites excluding steroid dienone is 2. The van der Waals surface area contributed by atoms with Gasteiger partial charge in [0.1, 0.15) is 11.5 Å². The van der Waals surface area contributed by atoms with Gasteiger partial charge >= 0.3 is 0 Å². The molecular weight excluding hydrogens is 1050 g/mol. The van der Waals surface area contributed by atoms with E-state index in [2.05, 4.69) is 55.9 Å². The molecule has 2 aromatic carbocycles. The van der Waals surface area contributed by atoms with Gasteiger partial charge < -0.3 is 29.2 Å².